The smallest absolute Gasteiger partial charge is 0.251 e. The zero-order valence-electron chi connectivity index (χ0n) is 16.2. The number of methoxy groups -OCH3 is 1. The number of carbonyl (C=O) groups is 1. The molecular weight excluding hydrogens is 354 g/mol. The van der Waals surface area contributed by atoms with Crippen molar-refractivity contribution in [2.75, 3.05) is 7.11 Å². The number of carbonyl (C=O) groups excluding carboxylic acids is 1. The third kappa shape index (κ3) is 4.65. The first kappa shape index (κ1) is 19.4. The quantitative estimate of drug-likeness (QED) is 0.657. The summed E-state index contributed by atoms with van der Waals surface area (Å²) >= 11 is 0. The van der Waals surface area contributed by atoms with Crippen molar-refractivity contribution in [1.82, 2.24) is 15.3 Å². The highest BCUT2D eigenvalue weighted by atomic mass is 16.5. The molecule has 1 heterocycles. The minimum Gasteiger partial charge on any atom is -0.493 e. The molecule has 0 saturated heterocycles. The molecule has 28 heavy (non-hydrogen) atoms. The molecule has 0 aliphatic rings. The lowest BCUT2D eigenvalue weighted by Gasteiger charge is -2.12. The van der Waals surface area contributed by atoms with Gasteiger partial charge in [-0.1, -0.05) is 31.2 Å². The van der Waals surface area contributed by atoms with Crippen LogP contribution in [0.5, 0.6) is 17.4 Å². The van der Waals surface area contributed by atoms with E-state index in [1.807, 2.05) is 50.2 Å². The predicted octanol–water partition coefficient (Wildman–Crippen LogP) is 4.47. The van der Waals surface area contributed by atoms with Gasteiger partial charge < -0.3 is 14.8 Å². The molecule has 3 aromatic rings. The average Bonchev–Trinajstić information content (AvgIpc) is 2.74. The molecule has 0 spiro atoms. The molecule has 0 saturated carbocycles. The number of hydrogen-bond donors (Lipinski definition) is 1. The standard InChI is InChI=1S/C22H23N3O3/c1-4-15(2)25-22(26)17-9-7-8-16(12-17)18-13-21(24-14-23-18)28-20-11-6-5-10-19(20)27-3/h5-15H,4H2,1-3H3,(H,25,26). The fourth-order valence-corrected chi connectivity index (χ4v) is 2.60. The molecule has 0 bridgehead atoms. The minimum atomic E-state index is -0.101. The maximum atomic E-state index is 12.4. The zero-order valence-corrected chi connectivity index (χ0v) is 16.2. The lowest BCUT2D eigenvalue weighted by atomic mass is 10.1. The summed E-state index contributed by atoms with van der Waals surface area (Å²) in [7, 11) is 1.59. The summed E-state index contributed by atoms with van der Waals surface area (Å²) in [4.78, 5) is 20.9. The van der Waals surface area contributed by atoms with E-state index in [1.54, 1.807) is 25.3 Å². The topological polar surface area (TPSA) is 73.3 Å². The van der Waals surface area contributed by atoms with E-state index >= 15 is 0 Å². The van der Waals surface area contributed by atoms with Gasteiger partial charge in [0.2, 0.25) is 5.88 Å². The highest BCUT2D eigenvalue weighted by Gasteiger charge is 2.11. The summed E-state index contributed by atoms with van der Waals surface area (Å²) in [6.45, 7) is 4.01. The zero-order chi connectivity index (χ0) is 19.9. The van der Waals surface area contributed by atoms with E-state index in [4.69, 9.17) is 9.47 Å². The van der Waals surface area contributed by atoms with Crippen molar-refractivity contribution in [2.24, 2.45) is 0 Å². The van der Waals surface area contributed by atoms with Crippen LogP contribution in [0.1, 0.15) is 30.6 Å². The monoisotopic (exact) mass is 377 g/mol. The molecule has 6 heteroatoms. The summed E-state index contributed by atoms with van der Waals surface area (Å²) in [6.07, 6.45) is 2.31. The van der Waals surface area contributed by atoms with Gasteiger partial charge in [0.05, 0.1) is 12.8 Å². The van der Waals surface area contributed by atoms with Gasteiger partial charge in [0, 0.05) is 23.2 Å². The highest BCUT2D eigenvalue weighted by molar-refractivity contribution is 5.95. The number of nitrogens with zero attached hydrogens (tertiary/aromatic N) is 2. The lowest BCUT2D eigenvalue weighted by Crippen LogP contribution is -2.31. The Morgan fingerprint density at radius 1 is 1.07 bits per heavy atom. The molecule has 1 amide bonds. The van der Waals surface area contributed by atoms with Gasteiger partial charge in [0.15, 0.2) is 11.5 Å². The maximum Gasteiger partial charge on any atom is 0.251 e. The average molecular weight is 377 g/mol. The molecule has 144 valence electrons. The Balaban J connectivity index is 1.84. The molecule has 0 aliphatic heterocycles. The van der Waals surface area contributed by atoms with Crippen LogP contribution in [-0.4, -0.2) is 29.0 Å². The van der Waals surface area contributed by atoms with Gasteiger partial charge in [-0.25, -0.2) is 9.97 Å². The van der Waals surface area contributed by atoms with Crippen LogP contribution in [0.4, 0.5) is 0 Å². The molecule has 2 aromatic carbocycles. The molecular formula is C22H23N3O3. The van der Waals surface area contributed by atoms with E-state index in [0.29, 0.717) is 28.6 Å². The molecule has 1 aromatic heterocycles. The molecule has 0 aliphatic carbocycles. The highest BCUT2D eigenvalue weighted by Crippen LogP contribution is 2.31. The van der Waals surface area contributed by atoms with Gasteiger partial charge >= 0.3 is 0 Å². The van der Waals surface area contributed by atoms with Crippen LogP contribution in [-0.2, 0) is 0 Å². The van der Waals surface area contributed by atoms with Crippen molar-refractivity contribution in [3.05, 3.63) is 66.5 Å². The first-order chi connectivity index (χ1) is 13.6. The third-order valence-electron chi connectivity index (χ3n) is 4.34. The fourth-order valence-electron chi connectivity index (χ4n) is 2.60. The Bertz CT molecular complexity index is 959. The van der Waals surface area contributed by atoms with Gasteiger partial charge in [-0.3, -0.25) is 4.79 Å². The van der Waals surface area contributed by atoms with Crippen LogP contribution in [0.25, 0.3) is 11.3 Å². The Morgan fingerprint density at radius 3 is 2.61 bits per heavy atom. The molecule has 3 rings (SSSR count). The van der Waals surface area contributed by atoms with E-state index in [9.17, 15) is 4.79 Å². The SMILES string of the molecule is CCC(C)NC(=O)c1cccc(-c2cc(Oc3ccccc3OC)ncn2)c1. The number of benzene rings is 2. The van der Waals surface area contributed by atoms with E-state index in [2.05, 4.69) is 15.3 Å². The maximum absolute atomic E-state index is 12.4. The first-order valence-electron chi connectivity index (χ1n) is 9.15. The van der Waals surface area contributed by atoms with E-state index in [-0.39, 0.29) is 11.9 Å². The number of nitrogens with one attached hydrogen (secondary N) is 1. The summed E-state index contributed by atoms with van der Waals surface area (Å²) in [5.41, 5.74) is 2.06. The number of hydrogen-bond acceptors (Lipinski definition) is 5. The molecule has 1 atom stereocenters. The summed E-state index contributed by atoms with van der Waals surface area (Å²) in [5.74, 6) is 1.47. The van der Waals surface area contributed by atoms with Gasteiger partial charge in [-0.05, 0) is 37.6 Å². The van der Waals surface area contributed by atoms with Gasteiger partial charge in [-0.15, -0.1) is 0 Å². The number of aromatic nitrogens is 2. The normalized spacial score (nSPS) is 11.5. The van der Waals surface area contributed by atoms with Crippen LogP contribution in [0.2, 0.25) is 0 Å². The van der Waals surface area contributed by atoms with Crippen LogP contribution < -0.4 is 14.8 Å². The molecule has 0 fully saturated rings. The second-order valence-electron chi connectivity index (χ2n) is 6.36. The van der Waals surface area contributed by atoms with Crippen molar-refractivity contribution in [2.45, 2.75) is 26.3 Å². The Kier molecular flexibility index (Phi) is 6.22. The summed E-state index contributed by atoms with van der Waals surface area (Å²) in [5, 5.41) is 2.97. The second kappa shape index (κ2) is 8.99. The lowest BCUT2D eigenvalue weighted by molar-refractivity contribution is 0.0939. The Morgan fingerprint density at radius 2 is 1.86 bits per heavy atom. The first-order valence-corrected chi connectivity index (χ1v) is 9.15. The predicted molar refractivity (Wildman–Crippen MR) is 108 cm³/mol. The fraction of sp³-hybridized carbons (Fsp3) is 0.227. The Hall–Kier alpha value is -3.41. The minimum absolute atomic E-state index is 0.101. The van der Waals surface area contributed by atoms with Gasteiger partial charge in [0.25, 0.3) is 5.91 Å². The number of rotatable bonds is 7. The van der Waals surface area contributed by atoms with E-state index in [0.717, 1.165) is 12.0 Å². The molecule has 6 nitrogen and oxygen atoms in total. The largest absolute Gasteiger partial charge is 0.493 e. The van der Waals surface area contributed by atoms with Crippen molar-refractivity contribution < 1.29 is 14.3 Å². The van der Waals surface area contributed by atoms with Gasteiger partial charge in [-0.2, -0.15) is 0 Å². The summed E-state index contributed by atoms with van der Waals surface area (Å²) < 4.78 is 11.2. The molecule has 0 radical (unpaired) electrons. The van der Waals surface area contributed by atoms with E-state index < -0.39 is 0 Å². The molecule has 1 N–H and O–H groups in total. The number of para-hydroxylation sites is 2. The van der Waals surface area contributed by atoms with Gasteiger partial charge in [0.1, 0.15) is 6.33 Å². The molecule has 1 unspecified atom stereocenters. The van der Waals surface area contributed by atoms with Crippen LogP contribution >= 0.6 is 0 Å². The van der Waals surface area contributed by atoms with Crippen LogP contribution in [0.15, 0.2) is 60.9 Å². The van der Waals surface area contributed by atoms with Crippen molar-refractivity contribution >= 4 is 5.91 Å². The Labute approximate surface area is 164 Å². The van der Waals surface area contributed by atoms with E-state index in [1.165, 1.54) is 6.33 Å². The number of amides is 1. The second-order valence-corrected chi connectivity index (χ2v) is 6.36. The van der Waals surface area contributed by atoms with Crippen LogP contribution in [0.3, 0.4) is 0 Å². The number of ether oxygens (including phenoxy) is 2. The third-order valence-corrected chi connectivity index (χ3v) is 4.34. The van der Waals surface area contributed by atoms with Crippen molar-refractivity contribution in [1.29, 1.82) is 0 Å². The van der Waals surface area contributed by atoms with Crippen molar-refractivity contribution in [3.63, 3.8) is 0 Å². The van der Waals surface area contributed by atoms with Crippen LogP contribution in [0, 0.1) is 0 Å². The van der Waals surface area contributed by atoms with Crippen molar-refractivity contribution in [3.8, 4) is 28.6 Å². The summed E-state index contributed by atoms with van der Waals surface area (Å²) in [6, 6.07) is 16.5.